The topological polar surface area (TPSA) is 46.2 Å². The summed E-state index contributed by atoms with van der Waals surface area (Å²) < 4.78 is 0. The molecule has 12 heavy (non-hydrogen) atoms. The highest BCUT2D eigenvalue weighted by molar-refractivity contribution is 6.26. The van der Waals surface area contributed by atoms with Crippen molar-refractivity contribution in [3.8, 4) is 0 Å². The number of hydrogen-bond acceptors (Lipinski definition) is 2. The second-order valence-electron chi connectivity index (χ2n) is 2.45. The van der Waals surface area contributed by atoms with Crippen molar-refractivity contribution < 1.29 is 9.59 Å². The van der Waals surface area contributed by atoms with Crippen LogP contribution < -0.4 is 5.32 Å². The zero-order valence-electron chi connectivity index (χ0n) is 6.13. The van der Waals surface area contributed by atoms with E-state index in [1.807, 2.05) is 0 Å². The lowest BCUT2D eigenvalue weighted by molar-refractivity contribution is -0.112. The number of carbonyl (C=O) groups excluding carboxylic acids is 2. The van der Waals surface area contributed by atoms with Crippen LogP contribution >= 0.6 is 0 Å². The Morgan fingerprint density at radius 2 is 1.92 bits per heavy atom. The van der Waals surface area contributed by atoms with Crippen molar-refractivity contribution in [1.29, 1.82) is 0 Å². The van der Waals surface area contributed by atoms with E-state index in [4.69, 9.17) is 0 Å². The van der Waals surface area contributed by atoms with Gasteiger partial charge in [-0.2, -0.15) is 0 Å². The summed E-state index contributed by atoms with van der Waals surface area (Å²) in [6, 6.07) is 6.85. The zero-order chi connectivity index (χ0) is 8.55. The molecule has 1 aromatic carbocycles. The van der Waals surface area contributed by atoms with Crippen molar-refractivity contribution >= 4 is 17.4 Å². The summed E-state index contributed by atoms with van der Waals surface area (Å²) in [6.07, 6.45) is 2.15. The lowest BCUT2D eigenvalue weighted by Crippen LogP contribution is -2.24. The van der Waals surface area contributed by atoms with Crippen LogP contribution in [0.15, 0.2) is 24.3 Å². The van der Waals surface area contributed by atoms with Crippen LogP contribution in [-0.2, 0) is 4.79 Å². The maximum atomic E-state index is 11.1. The largest absolute Gasteiger partial charge is 0.324 e. The van der Waals surface area contributed by atoms with E-state index < -0.39 is 5.91 Å². The monoisotopic (exact) mass is 159 g/mol. The second-order valence-corrected chi connectivity index (χ2v) is 2.45. The molecule has 0 fully saturated rings. The Bertz CT molecular complexity index is 357. The summed E-state index contributed by atoms with van der Waals surface area (Å²) in [5, 5.41) is 2.52. The molecule has 0 bridgehead atoms. The Kier molecular flexibility index (Phi) is 1.43. The Balaban J connectivity index is 2.54. The Labute approximate surface area is 69.4 Å². The number of carbonyl (C=O) groups is 2. The van der Waals surface area contributed by atoms with Gasteiger partial charge in [0.15, 0.2) is 12.2 Å². The van der Waals surface area contributed by atoms with Gasteiger partial charge in [-0.05, 0) is 12.1 Å². The number of anilines is 1. The first-order chi connectivity index (χ1) is 5.77. The lowest BCUT2D eigenvalue weighted by Gasteiger charge is -2.13. The molecule has 1 aliphatic heterocycles. The first kappa shape index (κ1) is 7.03. The van der Waals surface area contributed by atoms with Gasteiger partial charge in [-0.15, -0.1) is 0 Å². The highest BCUT2D eigenvalue weighted by Crippen LogP contribution is 2.20. The molecule has 0 spiro atoms. The maximum absolute atomic E-state index is 11.1. The molecule has 58 valence electrons. The van der Waals surface area contributed by atoms with Crippen molar-refractivity contribution in [1.82, 2.24) is 0 Å². The van der Waals surface area contributed by atoms with E-state index in [1.165, 1.54) is 0 Å². The van der Waals surface area contributed by atoms with Gasteiger partial charge in [0, 0.05) is 5.56 Å². The van der Waals surface area contributed by atoms with E-state index in [-0.39, 0.29) is 5.78 Å². The van der Waals surface area contributed by atoms with Crippen LogP contribution in [0.3, 0.4) is 0 Å². The van der Waals surface area contributed by atoms with Crippen LogP contribution in [0.5, 0.6) is 0 Å². The van der Waals surface area contributed by atoms with E-state index in [2.05, 4.69) is 11.7 Å². The third-order valence-electron chi connectivity index (χ3n) is 1.65. The number of hydrogen-bond donors (Lipinski definition) is 1. The zero-order valence-corrected chi connectivity index (χ0v) is 6.13. The minimum atomic E-state index is -0.473. The molecular formula is C9H5NO2. The maximum Gasteiger partial charge on any atom is 0.241 e. The summed E-state index contributed by atoms with van der Waals surface area (Å²) in [5.74, 6) is -0.826. The predicted octanol–water partition coefficient (Wildman–Crippen LogP) is 0.903. The summed E-state index contributed by atoms with van der Waals surface area (Å²) in [6.45, 7) is 0. The molecule has 0 aliphatic carbocycles. The number of rotatable bonds is 0. The molecule has 1 amide bonds. The Morgan fingerprint density at radius 1 is 1.17 bits per heavy atom. The molecule has 0 unspecified atom stereocenters. The molecule has 3 heteroatoms. The number of para-hydroxylation sites is 1. The molecule has 0 saturated carbocycles. The third-order valence-corrected chi connectivity index (χ3v) is 1.65. The summed E-state index contributed by atoms with van der Waals surface area (Å²) >= 11 is 0. The lowest BCUT2D eigenvalue weighted by atomic mass is 10.0. The molecule has 0 atom stereocenters. The van der Waals surface area contributed by atoms with Gasteiger partial charge in [-0.3, -0.25) is 9.59 Å². The van der Waals surface area contributed by atoms with Crippen molar-refractivity contribution in [3.05, 3.63) is 36.2 Å². The Morgan fingerprint density at radius 3 is 2.75 bits per heavy atom. The van der Waals surface area contributed by atoms with Crippen LogP contribution in [0.4, 0.5) is 5.69 Å². The van der Waals surface area contributed by atoms with Crippen LogP contribution in [0.1, 0.15) is 10.4 Å². The quantitative estimate of drug-likeness (QED) is 0.611. The fourth-order valence-corrected chi connectivity index (χ4v) is 1.11. The van der Waals surface area contributed by atoms with Gasteiger partial charge in [-0.25, -0.2) is 0 Å². The summed E-state index contributed by atoms with van der Waals surface area (Å²) in [5.41, 5.74) is 1.06. The molecule has 1 heterocycles. The van der Waals surface area contributed by atoms with Crippen LogP contribution in [0.25, 0.3) is 0 Å². The number of fused-ring (bicyclic) bond motifs is 1. The van der Waals surface area contributed by atoms with Crippen LogP contribution in [0.2, 0.25) is 0 Å². The molecule has 1 aliphatic rings. The highest BCUT2D eigenvalue weighted by Gasteiger charge is 2.22. The molecule has 1 aromatic rings. The minimum Gasteiger partial charge on any atom is -0.324 e. The average Bonchev–Trinajstić information content (AvgIpc) is 2.04. The smallest absolute Gasteiger partial charge is 0.241 e. The Hall–Kier alpha value is -1.64. The van der Waals surface area contributed by atoms with Gasteiger partial charge in [-0.1, -0.05) is 12.1 Å². The van der Waals surface area contributed by atoms with E-state index in [0.29, 0.717) is 11.3 Å². The number of benzene rings is 1. The first-order valence-corrected chi connectivity index (χ1v) is 3.49. The van der Waals surface area contributed by atoms with Gasteiger partial charge in [0.05, 0.1) is 5.69 Å². The molecule has 0 aromatic heterocycles. The van der Waals surface area contributed by atoms with Gasteiger partial charge in [0.2, 0.25) is 5.91 Å². The molecule has 2 radical (unpaired) electrons. The number of Topliss-reactive ketones (excluding diaryl/α,β-unsaturated/α-hetero) is 1. The first-order valence-electron chi connectivity index (χ1n) is 3.49. The number of nitrogens with one attached hydrogen (secondary N) is 1. The molecule has 0 saturated heterocycles. The minimum absolute atomic E-state index is 0.352. The standard InChI is InChI=1S/C9H5NO2/c11-8-5-9(12)10-7-4-2-1-3-6(7)8/h1-4H,(H,10,12). The van der Waals surface area contributed by atoms with Crippen molar-refractivity contribution in [2.24, 2.45) is 0 Å². The SMILES string of the molecule is O=C1[C]C(=O)c2ccccc2N1. The molecule has 1 N–H and O–H groups in total. The highest BCUT2D eigenvalue weighted by atomic mass is 16.2. The average molecular weight is 159 g/mol. The normalized spacial score (nSPS) is 15.3. The van der Waals surface area contributed by atoms with Crippen molar-refractivity contribution in [2.45, 2.75) is 0 Å². The van der Waals surface area contributed by atoms with Gasteiger partial charge in [0.1, 0.15) is 0 Å². The second kappa shape index (κ2) is 2.44. The van der Waals surface area contributed by atoms with E-state index in [1.54, 1.807) is 24.3 Å². The summed E-state index contributed by atoms with van der Waals surface area (Å²) in [7, 11) is 0. The molecule has 3 nitrogen and oxygen atoms in total. The van der Waals surface area contributed by atoms with Crippen LogP contribution in [-0.4, -0.2) is 11.7 Å². The fourth-order valence-electron chi connectivity index (χ4n) is 1.11. The number of amides is 1. The van der Waals surface area contributed by atoms with E-state index in [9.17, 15) is 9.59 Å². The van der Waals surface area contributed by atoms with Crippen molar-refractivity contribution in [3.63, 3.8) is 0 Å². The van der Waals surface area contributed by atoms with Gasteiger partial charge in [0.25, 0.3) is 0 Å². The van der Waals surface area contributed by atoms with Gasteiger partial charge < -0.3 is 5.32 Å². The fraction of sp³-hybridized carbons (Fsp3) is 0. The van der Waals surface area contributed by atoms with Crippen molar-refractivity contribution in [2.75, 3.05) is 5.32 Å². The summed E-state index contributed by atoms with van der Waals surface area (Å²) in [4.78, 5) is 21.9. The third kappa shape index (κ3) is 0.993. The van der Waals surface area contributed by atoms with E-state index >= 15 is 0 Å². The number of ketones is 1. The predicted molar refractivity (Wildman–Crippen MR) is 42.6 cm³/mol. The van der Waals surface area contributed by atoms with E-state index in [0.717, 1.165) is 0 Å². The molecular weight excluding hydrogens is 154 g/mol. The molecule has 2 rings (SSSR count). The van der Waals surface area contributed by atoms with Gasteiger partial charge >= 0.3 is 0 Å². The van der Waals surface area contributed by atoms with Crippen LogP contribution in [0, 0.1) is 6.42 Å².